The van der Waals surface area contributed by atoms with E-state index in [2.05, 4.69) is 11.6 Å². The van der Waals surface area contributed by atoms with Crippen LogP contribution < -0.4 is 5.73 Å². The molecule has 1 aliphatic heterocycles. The van der Waals surface area contributed by atoms with Crippen LogP contribution in [-0.2, 0) is 4.79 Å². The first-order valence-corrected chi connectivity index (χ1v) is 8.29. The van der Waals surface area contributed by atoms with E-state index in [0.29, 0.717) is 17.6 Å². The fraction of sp³-hybridized carbons (Fsp3) is 0.647. The molecule has 0 aromatic rings. The number of carbonyl (C=O) groups is 1. The van der Waals surface area contributed by atoms with E-state index in [1.807, 2.05) is 12.3 Å². The molecule has 0 saturated heterocycles. The van der Waals surface area contributed by atoms with Gasteiger partial charge in [-0.25, -0.2) is 14.3 Å². The number of nitrogens with two attached hydrogens (primary N) is 1. The van der Waals surface area contributed by atoms with E-state index >= 15 is 0 Å². The Kier molecular flexibility index (Phi) is 8.70. The Morgan fingerprint density at radius 3 is 2.59 bits per heavy atom. The minimum atomic E-state index is -0.810. The highest BCUT2D eigenvalue weighted by molar-refractivity contribution is 5.81. The zero-order valence-electron chi connectivity index (χ0n) is 13.5. The van der Waals surface area contributed by atoms with Crippen LogP contribution in [0, 0.1) is 0 Å². The maximum absolute atomic E-state index is 11.1. The number of quaternary nitrogens is 1. The van der Waals surface area contributed by atoms with Gasteiger partial charge in [0.15, 0.2) is 6.54 Å². The van der Waals surface area contributed by atoms with E-state index in [-0.39, 0.29) is 6.54 Å². The maximum atomic E-state index is 11.1. The Labute approximate surface area is 133 Å². The van der Waals surface area contributed by atoms with E-state index in [1.54, 1.807) is 6.20 Å². The number of nitrogens with zero attached hydrogens (tertiary/aromatic N) is 2. The number of aliphatic imine (C=N–C) groups is 1. The lowest BCUT2D eigenvalue weighted by Gasteiger charge is -2.30. The SMILES string of the molecule is C=CCCCCCCCCC1=NC=C[N+]1(CCN)CC(=O)O. The third-order valence-corrected chi connectivity index (χ3v) is 4.09. The number of carboxylic acids is 1. The van der Waals surface area contributed by atoms with Crippen molar-refractivity contribution in [2.45, 2.75) is 51.4 Å². The van der Waals surface area contributed by atoms with Crippen LogP contribution in [0.1, 0.15) is 51.4 Å². The molecule has 0 bridgehead atoms. The summed E-state index contributed by atoms with van der Waals surface area (Å²) < 4.78 is 0.297. The molecule has 0 spiro atoms. The second-order valence-corrected chi connectivity index (χ2v) is 5.89. The monoisotopic (exact) mass is 308 g/mol. The number of carboxylic acid groups (broad SMARTS) is 1. The summed E-state index contributed by atoms with van der Waals surface area (Å²) in [4.78, 5) is 15.5. The van der Waals surface area contributed by atoms with Crippen LogP contribution in [0.3, 0.4) is 0 Å². The molecule has 0 saturated carbocycles. The summed E-state index contributed by atoms with van der Waals surface area (Å²) in [5, 5.41) is 9.14. The second-order valence-electron chi connectivity index (χ2n) is 5.89. The van der Waals surface area contributed by atoms with Crippen molar-refractivity contribution in [3.05, 3.63) is 25.1 Å². The minimum Gasteiger partial charge on any atom is -0.477 e. The minimum absolute atomic E-state index is 0.0358. The summed E-state index contributed by atoms with van der Waals surface area (Å²) >= 11 is 0. The van der Waals surface area contributed by atoms with Crippen molar-refractivity contribution in [1.82, 2.24) is 0 Å². The number of hydrogen-bond acceptors (Lipinski definition) is 3. The second kappa shape index (κ2) is 10.3. The molecule has 0 aromatic carbocycles. The average molecular weight is 308 g/mol. The summed E-state index contributed by atoms with van der Waals surface area (Å²) in [5.74, 6) is 0.134. The largest absolute Gasteiger partial charge is 0.477 e. The van der Waals surface area contributed by atoms with Gasteiger partial charge >= 0.3 is 5.97 Å². The van der Waals surface area contributed by atoms with E-state index in [1.165, 1.54) is 32.1 Å². The van der Waals surface area contributed by atoms with Crippen LogP contribution in [0.4, 0.5) is 0 Å². The molecule has 1 heterocycles. The molecule has 3 N–H and O–H groups in total. The Hall–Kier alpha value is -1.46. The number of aliphatic carboxylic acids is 1. The highest BCUT2D eigenvalue weighted by Gasteiger charge is 2.36. The topological polar surface area (TPSA) is 75.7 Å². The molecule has 5 heteroatoms. The summed E-state index contributed by atoms with van der Waals surface area (Å²) in [6, 6.07) is 0. The summed E-state index contributed by atoms with van der Waals surface area (Å²) in [6.45, 7) is 4.82. The van der Waals surface area contributed by atoms with Crippen LogP contribution >= 0.6 is 0 Å². The third-order valence-electron chi connectivity index (χ3n) is 4.09. The van der Waals surface area contributed by atoms with Crippen molar-refractivity contribution in [2.24, 2.45) is 10.7 Å². The van der Waals surface area contributed by atoms with Gasteiger partial charge in [-0.3, -0.25) is 0 Å². The molecule has 1 unspecified atom stereocenters. The van der Waals surface area contributed by atoms with Gasteiger partial charge in [-0.15, -0.1) is 6.58 Å². The Balaban J connectivity index is 2.31. The first-order chi connectivity index (χ1) is 10.6. The molecular weight excluding hydrogens is 278 g/mol. The summed E-state index contributed by atoms with van der Waals surface area (Å²) in [7, 11) is 0. The van der Waals surface area contributed by atoms with Gasteiger partial charge in [0.1, 0.15) is 12.7 Å². The predicted octanol–water partition coefficient (Wildman–Crippen LogP) is 3.04. The third kappa shape index (κ3) is 6.12. The number of amidine groups is 1. The van der Waals surface area contributed by atoms with Gasteiger partial charge in [0.25, 0.3) is 0 Å². The van der Waals surface area contributed by atoms with E-state index in [4.69, 9.17) is 10.8 Å². The molecule has 0 radical (unpaired) electrons. The molecular formula is C17H30N3O2+. The van der Waals surface area contributed by atoms with Crippen LogP contribution in [0.15, 0.2) is 30.0 Å². The first kappa shape index (κ1) is 18.6. The lowest BCUT2D eigenvalue weighted by Crippen LogP contribution is -2.52. The van der Waals surface area contributed by atoms with Crippen LogP contribution in [0.5, 0.6) is 0 Å². The number of allylic oxidation sites excluding steroid dienone is 1. The Bertz CT molecular complexity index is 418. The van der Waals surface area contributed by atoms with Crippen LogP contribution in [0.2, 0.25) is 0 Å². The summed E-state index contributed by atoms with van der Waals surface area (Å²) in [5.41, 5.74) is 5.66. The zero-order valence-corrected chi connectivity index (χ0v) is 13.5. The molecule has 124 valence electrons. The molecule has 1 aliphatic rings. The Morgan fingerprint density at radius 1 is 1.27 bits per heavy atom. The van der Waals surface area contributed by atoms with E-state index in [9.17, 15) is 4.79 Å². The number of rotatable bonds is 13. The maximum Gasteiger partial charge on any atom is 0.360 e. The predicted molar refractivity (Wildman–Crippen MR) is 90.4 cm³/mol. The van der Waals surface area contributed by atoms with Crippen molar-refractivity contribution in [3.63, 3.8) is 0 Å². The fourth-order valence-corrected chi connectivity index (χ4v) is 2.91. The fourth-order valence-electron chi connectivity index (χ4n) is 2.91. The number of unbranched alkanes of at least 4 members (excludes halogenated alkanes) is 6. The lowest BCUT2D eigenvalue weighted by molar-refractivity contribution is -0.778. The molecule has 0 fully saturated rings. The van der Waals surface area contributed by atoms with Gasteiger partial charge in [0.2, 0.25) is 5.84 Å². The normalized spacial score (nSPS) is 20.1. The first-order valence-electron chi connectivity index (χ1n) is 8.29. The van der Waals surface area contributed by atoms with Crippen molar-refractivity contribution >= 4 is 11.8 Å². The quantitative estimate of drug-likeness (QED) is 0.312. The standard InChI is InChI=1S/C17H29N3O2/c1-2-3-4-5-6-7-8-9-10-16-19-12-14-20(16,13-11-18)15-17(21)22/h2,12,14H,1,3-11,13,15,18H2/p+1. The van der Waals surface area contributed by atoms with E-state index in [0.717, 1.165) is 25.1 Å². The summed E-state index contributed by atoms with van der Waals surface area (Å²) in [6.07, 6.45) is 14.7. The molecule has 0 aromatic heterocycles. The molecule has 0 amide bonds. The molecule has 1 atom stereocenters. The van der Waals surface area contributed by atoms with Crippen LogP contribution in [0.25, 0.3) is 0 Å². The molecule has 22 heavy (non-hydrogen) atoms. The van der Waals surface area contributed by atoms with Crippen LogP contribution in [-0.4, -0.2) is 41.0 Å². The van der Waals surface area contributed by atoms with Gasteiger partial charge < -0.3 is 10.8 Å². The molecule has 1 rings (SSSR count). The molecule has 0 aliphatic carbocycles. The smallest absolute Gasteiger partial charge is 0.360 e. The number of hydrogen-bond donors (Lipinski definition) is 2. The van der Waals surface area contributed by atoms with Crippen molar-refractivity contribution < 1.29 is 14.4 Å². The van der Waals surface area contributed by atoms with Gasteiger partial charge in [-0.05, 0) is 19.3 Å². The van der Waals surface area contributed by atoms with Crippen molar-refractivity contribution in [3.8, 4) is 0 Å². The average Bonchev–Trinajstić information content (AvgIpc) is 2.84. The van der Waals surface area contributed by atoms with Gasteiger partial charge in [0.05, 0.1) is 6.20 Å². The highest BCUT2D eigenvalue weighted by atomic mass is 16.4. The molecule has 5 nitrogen and oxygen atoms in total. The van der Waals surface area contributed by atoms with Gasteiger partial charge in [-0.1, -0.05) is 31.8 Å². The highest BCUT2D eigenvalue weighted by Crippen LogP contribution is 2.21. The Morgan fingerprint density at radius 2 is 1.95 bits per heavy atom. The van der Waals surface area contributed by atoms with E-state index < -0.39 is 5.97 Å². The van der Waals surface area contributed by atoms with Gasteiger partial charge in [-0.2, -0.15) is 0 Å². The lowest BCUT2D eigenvalue weighted by atomic mass is 10.1. The van der Waals surface area contributed by atoms with Crippen molar-refractivity contribution in [2.75, 3.05) is 19.6 Å². The van der Waals surface area contributed by atoms with Crippen molar-refractivity contribution in [1.29, 1.82) is 0 Å². The van der Waals surface area contributed by atoms with Gasteiger partial charge in [0, 0.05) is 13.0 Å². The zero-order chi connectivity index (χ0) is 16.3.